The van der Waals surface area contributed by atoms with Gasteiger partial charge in [-0.25, -0.2) is 9.37 Å². The summed E-state index contributed by atoms with van der Waals surface area (Å²) in [5.74, 6) is 1.28. The van der Waals surface area contributed by atoms with Crippen LogP contribution in [0.1, 0.15) is 12.1 Å². The first-order valence-corrected chi connectivity index (χ1v) is 10.0. The summed E-state index contributed by atoms with van der Waals surface area (Å²) >= 11 is 0. The average Bonchev–Trinajstić information content (AvgIpc) is 3.20. The molecule has 164 valence electrons. The van der Waals surface area contributed by atoms with E-state index in [0.29, 0.717) is 59.2 Å². The number of nitriles is 1. The van der Waals surface area contributed by atoms with Gasteiger partial charge in [-0.3, -0.25) is 0 Å². The highest BCUT2D eigenvalue weighted by Gasteiger charge is 2.07. The largest absolute Gasteiger partial charge is 0.493 e. The van der Waals surface area contributed by atoms with Crippen molar-refractivity contribution < 1.29 is 13.9 Å². The Kier molecular flexibility index (Phi) is 6.54. The summed E-state index contributed by atoms with van der Waals surface area (Å²) in [6.07, 6.45) is 1.91. The molecule has 0 aliphatic heterocycles. The quantitative estimate of drug-likeness (QED) is 0.139. The normalized spacial score (nSPS) is 10.3. The van der Waals surface area contributed by atoms with E-state index in [1.54, 1.807) is 54.6 Å². The minimum atomic E-state index is -0.314. The average molecular weight is 443 g/mol. The minimum Gasteiger partial charge on any atom is -0.493 e. The second-order valence-electron chi connectivity index (χ2n) is 6.94. The van der Waals surface area contributed by atoms with Gasteiger partial charge >= 0.3 is 0 Å². The Bertz CT molecular complexity index is 1360. The lowest BCUT2D eigenvalue weighted by molar-refractivity contribution is 0.247. The van der Waals surface area contributed by atoms with Crippen LogP contribution >= 0.6 is 0 Å². The number of pyridine rings is 1. The summed E-state index contributed by atoms with van der Waals surface area (Å²) in [6, 6.07) is 17.2. The van der Waals surface area contributed by atoms with Crippen molar-refractivity contribution in [2.75, 3.05) is 18.5 Å². The lowest BCUT2D eigenvalue weighted by atomic mass is 10.2. The predicted octanol–water partition coefficient (Wildman–Crippen LogP) is 6.11. The van der Waals surface area contributed by atoms with Crippen LogP contribution in [0.3, 0.4) is 0 Å². The zero-order chi connectivity index (χ0) is 23.0. The molecule has 0 spiro atoms. The Morgan fingerprint density at radius 3 is 2.64 bits per heavy atom. The highest BCUT2D eigenvalue weighted by Crippen LogP contribution is 2.25. The van der Waals surface area contributed by atoms with Gasteiger partial charge in [0.1, 0.15) is 34.9 Å². The van der Waals surface area contributed by atoms with E-state index in [4.69, 9.17) is 15.0 Å². The molecule has 0 radical (unpaired) electrons. The number of azide groups is 1. The molecule has 2 N–H and O–H groups in total. The fraction of sp³-hybridized carbons (Fsp3) is 0.130. The van der Waals surface area contributed by atoms with Gasteiger partial charge in [0.15, 0.2) is 0 Å². The van der Waals surface area contributed by atoms with Crippen molar-refractivity contribution in [1.29, 1.82) is 5.26 Å². The number of hydrogen-bond acceptors (Lipinski definition) is 6. The van der Waals surface area contributed by atoms with Crippen molar-refractivity contribution in [1.82, 2.24) is 9.97 Å². The number of H-pyrrole nitrogens is 1. The van der Waals surface area contributed by atoms with E-state index in [1.165, 1.54) is 6.20 Å². The van der Waals surface area contributed by atoms with Crippen molar-refractivity contribution in [2.45, 2.75) is 6.42 Å². The molecule has 0 atom stereocenters. The maximum absolute atomic E-state index is 13.6. The number of hydrogen-bond donors (Lipinski definition) is 2. The molecule has 0 bridgehead atoms. The third-order valence-corrected chi connectivity index (χ3v) is 4.64. The molecule has 9 nitrogen and oxygen atoms in total. The molecule has 4 rings (SSSR count). The van der Waals surface area contributed by atoms with Crippen molar-refractivity contribution in [2.24, 2.45) is 5.11 Å². The first-order valence-electron chi connectivity index (χ1n) is 10.0. The number of rotatable bonds is 9. The number of nitrogens with zero attached hydrogens (tertiary/aromatic N) is 5. The van der Waals surface area contributed by atoms with E-state index < -0.39 is 0 Å². The topological polar surface area (TPSA) is 132 Å². The molecule has 10 heteroatoms. The van der Waals surface area contributed by atoms with Gasteiger partial charge in [-0.2, -0.15) is 5.26 Å². The van der Waals surface area contributed by atoms with E-state index in [2.05, 4.69) is 25.3 Å². The van der Waals surface area contributed by atoms with Crippen LogP contribution in [0.4, 0.5) is 21.6 Å². The third-order valence-electron chi connectivity index (χ3n) is 4.64. The van der Waals surface area contributed by atoms with Crippen LogP contribution < -0.4 is 14.8 Å². The Labute approximate surface area is 188 Å². The van der Waals surface area contributed by atoms with Crippen LogP contribution in [-0.2, 0) is 0 Å². The molecular weight excluding hydrogens is 425 g/mol. The standard InChI is InChI=1S/C23H18FN7O2/c24-21-14-27-22-11-16(4-7-20(21)22)28-23-12-19(10-17(13-25)29-23)33-9-1-8-32-18-5-2-15(3-6-18)30-31-26/h2-7,10-12,14,27H,1,8-9H2,(H,28,29). The fourth-order valence-electron chi connectivity index (χ4n) is 3.13. The fourth-order valence-corrected chi connectivity index (χ4v) is 3.13. The molecular formula is C23H18FN7O2. The second-order valence-corrected chi connectivity index (χ2v) is 6.94. The Balaban J connectivity index is 1.33. The Hall–Kier alpha value is -4.74. The van der Waals surface area contributed by atoms with Crippen LogP contribution in [0.2, 0.25) is 0 Å². The van der Waals surface area contributed by atoms with Gasteiger partial charge in [0.05, 0.1) is 18.7 Å². The molecule has 0 fully saturated rings. The molecule has 2 aromatic heterocycles. The number of nitrogens with one attached hydrogen (secondary N) is 2. The second kappa shape index (κ2) is 10.0. The summed E-state index contributed by atoms with van der Waals surface area (Å²) in [7, 11) is 0. The van der Waals surface area contributed by atoms with E-state index in [-0.39, 0.29) is 11.5 Å². The van der Waals surface area contributed by atoms with Crippen molar-refractivity contribution in [3.05, 3.63) is 82.7 Å². The molecule has 0 saturated carbocycles. The monoisotopic (exact) mass is 443 g/mol. The lowest BCUT2D eigenvalue weighted by Gasteiger charge is -2.11. The number of aromatic nitrogens is 2. The smallest absolute Gasteiger partial charge is 0.148 e. The van der Waals surface area contributed by atoms with E-state index in [1.807, 2.05) is 6.07 Å². The third kappa shape index (κ3) is 5.50. The van der Waals surface area contributed by atoms with Gasteiger partial charge in [0.25, 0.3) is 0 Å². The van der Waals surface area contributed by atoms with Crippen LogP contribution in [0, 0.1) is 17.1 Å². The SMILES string of the molecule is N#Cc1cc(OCCCOc2ccc(N=[N+]=[N-])cc2)cc(Nc2ccc3c(F)c[nH]c3c2)n1. The lowest BCUT2D eigenvalue weighted by Crippen LogP contribution is -2.06. The number of ether oxygens (including phenoxy) is 2. The summed E-state index contributed by atoms with van der Waals surface area (Å²) in [6.45, 7) is 0.799. The first-order chi connectivity index (χ1) is 16.1. The Morgan fingerprint density at radius 1 is 1.09 bits per heavy atom. The summed E-state index contributed by atoms with van der Waals surface area (Å²) in [5, 5.41) is 16.4. The summed E-state index contributed by atoms with van der Waals surface area (Å²) in [5.41, 5.74) is 10.5. The molecule has 0 unspecified atom stereocenters. The van der Waals surface area contributed by atoms with Gasteiger partial charge in [0.2, 0.25) is 0 Å². The number of halogens is 1. The van der Waals surface area contributed by atoms with Gasteiger partial charge < -0.3 is 19.8 Å². The van der Waals surface area contributed by atoms with Gasteiger partial charge in [-0.15, -0.1) is 0 Å². The zero-order valence-corrected chi connectivity index (χ0v) is 17.3. The van der Waals surface area contributed by atoms with Gasteiger partial charge in [-0.1, -0.05) is 5.11 Å². The highest BCUT2D eigenvalue weighted by molar-refractivity contribution is 5.84. The van der Waals surface area contributed by atoms with E-state index in [9.17, 15) is 9.65 Å². The van der Waals surface area contributed by atoms with Crippen molar-refractivity contribution in [3.8, 4) is 17.6 Å². The van der Waals surface area contributed by atoms with Crippen LogP contribution in [-0.4, -0.2) is 23.2 Å². The molecule has 0 amide bonds. The number of benzene rings is 2. The maximum Gasteiger partial charge on any atom is 0.148 e. The zero-order valence-electron chi connectivity index (χ0n) is 17.3. The molecule has 0 saturated heterocycles. The van der Waals surface area contributed by atoms with Crippen molar-refractivity contribution in [3.63, 3.8) is 0 Å². The molecule has 33 heavy (non-hydrogen) atoms. The predicted molar refractivity (Wildman–Crippen MR) is 121 cm³/mol. The first kappa shape index (κ1) is 21.5. The van der Waals surface area contributed by atoms with Gasteiger partial charge in [0, 0.05) is 46.4 Å². The Morgan fingerprint density at radius 2 is 1.88 bits per heavy atom. The van der Waals surface area contributed by atoms with Crippen LogP contribution in [0.15, 0.2) is 65.9 Å². The van der Waals surface area contributed by atoms with Gasteiger partial charge in [-0.05, 0) is 48.0 Å². The van der Waals surface area contributed by atoms with Crippen LogP contribution in [0.25, 0.3) is 21.3 Å². The molecule has 2 aromatic carbocycles. The molecule has 0 aliphatic carbocycles. The summed E-state index contributed by atoms with van der Waals surface area (Å²) in [4.78, 5) is 9.84. The van der Waals surface area contributed by atoms with E-state index in [0.717, 1.165) is 0 Å². The molecule has 2 heterocycles. The van der Waals surface area contributed by atoms with E-state index >= 15 is 0 Å². The number of aromatic amines is 1. The van der Waals surface area contributed by atoms with Crippen LogP contribution in [0.5, 0.6) is 11.5 Å². The van der Waals surface area contributed by atoms with Crippen molar-refractivity contribution >= 4 is 28.1 Å². The molecule has 4 aromatic rings. The minimum absolute atomic E-state index is 0.207. The maximum atomic E-state index is 13.6. The molecule has 0 aliphatic rings. The highest BCUT2D eigenvalue weighted by atomic mass is 19.1. The number of fused-ring (bicyclic) bond motifs is 1. The summed E-state index contributed by atoms with van der Waals surface area (Å²) < 4.78 is 25.0. The number of anilines is 2.